The molecule has 1 amide bonds. The minimum Gasteiger partial charge on any atom is -0.489 e. The summed E-state index contributed by atoms with van der Waals surface area (Å²) in [7, 11) is 5.06. The molecule has 0 aliphatic heterocycles. The summed E-state index contributed by atoms with van der Waals surface area (Å²) < 4.78 is 91.4. The number of nitrogens with two attached hydrogens (primary N) is 1. The molecule has 1 heterocycles. The Kier molecular flexibility index (Phi) is 16.8. The van der Waals surface area contributed by atoms with Crippen LogP contribution in [0.15, 0.2) is 65.5 Å². The molecule has 4 rings (SSSR count). The Morgan fingerprint density at radius 2 is 1.54 bits per heavy atom. The van der Waals surface area contributed by atoms with E-state index in [2.05, 4.69) is 15.4 Å². The number of nitrogen functional groups attached to an aromatic ring is 1. The van der Waals surface area contributed by atoms with Gasteiger partial charge >= 0.3 is 36.1 Å². The van der Waals surface area contributed by atoms with Crippen molar-refractivity contribution >= 4 is 29.6 Å². The van der Waals surface area contributed by atoms with Crippen LogP contribution >= 0.6 is 0 Å². The van der Waals surface area contributed by atoms with Crippen molar-refractivity contribution in [3.63, 3.8) is 0 Å². The average molecular weight is 818 g/mol. The van der Waals surface area contributed by atoms with E-state index >= 15 is 4.39 Å². The SMILES string of the molecule is CCc1cc(OCCN(C)C)c(F)c(C(Cc2ccc(C(=N)N)cc2)c2nn(-c3ccccc3NC(=O)OC)c(=O)[nH]2)c1.O=C(O)C(F)(F)F.O=C(O)C(F)(F)F. The molecule has 0 spiro atoms. The lowest BCUT2D eigenvalue weighted by atomic mass is 9.89. The number of ether oxygens (including phenoxy) is 2. The largest absolute Gasteiger partial charge is 0.490 e. The number of carboxylic acid groups (broad SMARTS) is 2. The number of aromatic nitrogens is 3. The highest BCUT2D eigenvalue weighted by molar-refractivity contribution is 5.94. The quantitative estimate of drug-likeness (QED) is 0.0611. The molecule has 0 fully saturated rings. The molecule has 15 nitrogen and oxygen atoms in total. The van der Waals surface area contributed by atoms with Crippen LogP contribution in [0.2, 0.25) is 0 Å². The topological polar surface area (TPSA) is 226 Å². The molecule has 0 saturated heterocycles. The van der Waals surface area contributed by atoms with Crippen LogP contribution in [0.3, 0.4) is 0 Å². The highest BCUT2D eigenvalue weighted by atomic mass is 19.4. The van der Waals surface area contributed by atoms with E-state index in [9.17, 15) is 35.9 Å². The minimum absolute atomic E-state index is 0.0633. The molecule has 0 bridgehead atoms. The molecule has 0 aliphatic rings. The molecule has 0 aliphatic carbocycles. The Bertz CT molecular complexity index is 2040. The van der Waals surface area contributed by atoms with Crippen LogP contribution in [0, 0.1) is 11.2 Å². The number of methoxy groups -OCH3 is 1. The van der Waals surface area contributed by atoms with Gasteiger partial charge in [0, 0.05) is 17.7 Å². The van der Waals surface area contributed by atoms with Crippen LogP contribution in [0.4, 0.5) is 41.2 Å². The highest BCUT2D eigenvalue weighted by Gasteiger charge is 2.39. The van der Waals surface area contributed by atoms with E-state index in [1.54, 1.807) is 48.5 Å². The molecular formula is C35H38F7N7O8. The Balaban J connectivity index is 0.000000682. The fourth-order valence-corrected chi connectivity index (χ4v) is 4.58. The Hall–Kier alpha value is -6.45. The number of carboxylic acids is 2. The smallest absolute Gasteiger partial charge is 0.489 e. The number of anilines is 1. The van der Waals surface area contributed by atoms with Gasteiger partial charge in [0.25, 0.3) is 0 Å². The number of rotatable bonds is 12. The molecule has 0 saturated carbocycles. The number of para-hydroxylation sites is 2. The zero-order valence-electron chi connectivity index (χ0n) is 30.6. The lowest BCUT2D eigenvalue weighted by Gasteiger charge is -2.20. The van der Waals surface area contributed by atoms with Gasteiger partial charge in [-0.05, 0) is 56.3 Å². The third-order valence-electron chi connectivity index (χ3n) is 7.42. The summed E-state index contributed by atoms with van der Waals surface area (Å²) in [6, 6.07) is 17.2. The zero-order valence-corrected chi connectivity index (χ0v) is 30.6. The van der Waals surface area contributed by atoms with Gasteiger partial charge < -0.3 is 30.3 Å². The highest BCUT2D eigenvalue weighted by Crippen LogP contribution is 2.34. The Morgan fingerprint density at radius 1 is 0.982 bits per heavy atom. The molecule has 57 heavy (non-hydrogen) atoms. The Morgan fingerprint density at radius 3 is 2.04 bits per heavy atom. The number of alkyl halides is 6. The van der Waals surface area contributed by atoms with Crippen molar-refractivity contribution in [1.82, 2.24) is 19.7 Å². The molecular weight excluding hydrogens is 779 g/mol. The predicted molar refractivity (Wildman–Crippen MR) is 190 cm³/mol. The number of H-pyrrole nitrogens is 1. The van der Waals surface area contributed by atoms with Gasteiger partial charge in [-0.1, -0.05) is 49.4 Å². The lowest BCUT2D eigenvalue weighted by Crippen LogP contribution is -2.21. The van der Waals surface area contributed by atoms with E-state index < -0.39 is 47.8 Å². The number of aryl methyl sites for hydroxylation is 1. The lowest BCUT2D eigenvalue weighted by molar-refractivity contribution is -0.193. The molecule has 4 aromatic rings. The molecule has 7 N–H and O–H groups in total. The summed E-state index contributed by atoms with van der Waals surface area (Å²) in [6.07, 6.45) is -9.97. The standard InChI is InChI=1S/C31H36FN7O4.2C2HF3O2/c1-5-19-16-22(27(32)26(18-19)43-15-14-38(2)3)23(17-20-10-12-21(13-11-20)28(33)34)29-36-30(40)39(37-29)25-9-7-6-8-24(25)35-31(41)42-4;2*3-2(4,5)1(6)7/h6-13,16,18,23H,5,14-15,17H2,1-4H3,(H3,33,34)(H,35,41)(H,36,37,40);2*(H,6,7). The van der Waals surface area contributed by atoms with Crippen molar-refractivity contribution in [2.45, 2.75) is 38.0 Å². The number of amidine groups is 1. The number of nitrogens with zero attached hydrogens (tertiary/aromatic N) is 3. The van der Waals surface area contributed by atoms with Crippen molar-refractivity contribution in [3.05, 3.63) is 105 Å². The second-order valence-corrected chi connectivity index (χ2v) is 11.8. The molecule has 1 aromatic heterocycles. The van der Waals surface area contributed by atoms with Gasteiger partial charge in [0.05, 0.1) is 24.4 Å². The van der Waals surface area contributed by atoms with Crippen molar-refractivity contribution < 1.29 is 64.8 Å². The number of hydrogen-bond acceptors (Lipinski definition) is 9. The van der Waals surface area contributed by atoms with Gasteiger partial charge in [0.2, 0.25) is 0 Å². The van der Waals surface area contributed by atoms with Crippen molar-refractivity contribution in [1.29, 1.82) is 5.41 Å². The number of carbonyl (C=O) groups is 3. The van der Waals surface area contributed by atoms with E-state index in [0.29, 0.717) is 42.1 Å². The Labute approximate surface area is 319 Å². The first kappa shape index (κ1) is 46.7. The molecule has 3 aromatic carbocycles. The first-order chi connectivity index (χ1) is 26.5. The van der Waals surface area contributed by atoms with E-state index in [1.807, 2.05) is 38.1 Å². The maximum Gasteiger partial charge on any atom is 0.490 e. The molecule has 310 valence electrons. The van der Waals surface area contributed by atoms with Gasteiger partial charge in [-0.2, -0.15) is 31.0 Å². The van der Waals surface area contributed by atoms with Gasteiger partial charge in [-0.15, -0.1) is 5.10 Å². The summed E-state index contributed by atoms with van der Waals surface area (Å²) in [5.74, 6) is -6.49. The molecule has 1 unspecified atom stereocenters. The number of benzene rings is 3. The third-order valence-corrected chi connectivity index (χ3v) is 7.42. The van der Waals surface area contributed by atoms with E-state index in [4.69, 9.17) is 40.4 Å². The number of aromatic amines is 1. The van der Waals surface area contributed by atoms with Gasteiger partial charge in [0.15, 0.2) is 11.6 Å². The average Bonchev–Trinajstić information content (AvgIpc) is 3.52. The maximum atomic E-state index is 16.2. The van der Waals surface area contributed by atoms with Crippen LogP contribution in [0.5, 0.6) is 5.75 Å². The van der Waals surface area contributed by atoms with Crippen LogP contribution in [0.25, 0.3) is 5.69 Å². The van der Waals surface area contributed by atoms with E-state index in [-0.39, 0.29) is 23.8 Å². The number of nitrogens with one attached hydrogen (secondary N) is 3. The summed E-state index contributed by atoms with van der Waals surface area (Å²) in [4.78, 5) is 47.8. The zero-order chi connectivity index (χ0) is 43.2. The number of halogens is 7. The first-order valence-electron chi connectivity index (χ1n) is 16.3. The monoisotopic (exact) mass is 817 g/mol. The number of amides is 1. The fraction of sp³-hybridized carbons (Fsp3) is 0.314. The van der Waals surface area contributed by atoms with Crippen LogP contribution < -0.4 is 21.5 Å². The molecule has 0 radical (unpaired) electrons. The second kappa shape index (κ2) is 20.5. The number of likely N-dealkylation sites (N-methyl/N-ethyl adjacent to an activating group) is 1. The summed E-state index contributed by atoms with van der Waals surface area (Å²) in [5, 5.41) is 29.1. The molecule has 22 heteroatoms. The van der Waals surface area contributed by atoms with Gasteiger partial charge in [0.1, 0.15) is 18.3 Å². The molecule has 1 atom stereocenters. The summed E-state index contributed by atoms with van der Waals surface area (Å²) in [5.41, 5.74) is 8.23. The predicted octanol–water partition coefficient (Wildman–Crippen LogP) is 5.31. The van der Waals surface area contributed by atoms with Crippen molar-refractivity contribution in [2.24, 2.45) is 5.73 Å². The minimum atomic E-state index is -5.08. The maximum absolute atomic E-state index is 16.2. The van der Waals surface area contributed by atoms with Crippen LogP contribution in [-0.2, 0) is 27.2 Å². The number of carbonyl (C=O) groups excluding carboxylic acids is 1. The number of hydrogen-bond donors (Lipinski definition) is 6. The van der Waals surface area contributed by atoms with E-state index in [0.717, 1.165) is 15.8 Å². The normalized spacial score (nSPS) is 11.6. The van der Waals surface area contributed by atoms with E-state index in [1.165, 1.54) is 7.11 Å². The summed E-state index contributed by atoms with van der Waals surface area (Å²) >= 11 is 0. The summed E-state index contributed by atoms with van der Waals surface area (Å²) in [6.45, 7) is 2.87. The van der Waals surface area contributed by atoms with Gasteiger partial charge in [-0.3, -0.25) is 15.7 Å². The number of aliphatic carboxylic acids is 2. The van der Waals surface area contributed by atoms with Crippen LogP contribution in [0.1, 0.15) is 40.9 Å². The van der Waals surface area contributed by atoms with Gasteiger partial charge in [-0.25, -0.2) is 23.6 Å². The fourth-order valence-electron chi connectivity index (χ4n) is 4.58. The second-order valence-electron chi connectivity index (χ2n) is 11.8. The van der Waals surface area contributed by atoms with Crippen molar-refractivity contribution in [2.75, 3.05) is 39.7 Å². The third kappa shape index (κ3) is 14.3. The van der Waals surface area contributed by atoms with Crippen molar-refractivity contribution in [3.8, 4) is 11.4 Å². The first-order valence-corrected chi connectivity index (χ1v) is 16.3. The van der Waals surface area contributed by atoms with Crippen LogP contribution in [-0.4, -0.2) is 100 Å².